The molecule has 21 heavy (non-hydrogen) atoms. The lowest BCUT2D eigenvalue weighted by Gasteiger charge is -2.15. The number of benzene rings is 1. The monoisotopic (exact) mass is 311 g/mol. The zero-order valence-corrected chi connectivity index (χ0v) is 11.9. The highest BCUT2D eigenvalue weighted by atomic mass is 35.5. The fraction of sp³-hybridized carbons (Fsp3) is 0.385. The van der Waals surface area contributed by atoms with E-state index in [1.165, 1.54) is 18.2 Å². The fourth-order valence-corrected chi connectivity index (χ4v) is 2.46. The number of nitro benzene ring substituents is 1. The summed E-state index contributed by atoms with van der Waals surface area (Å²) < 4.78 is 0. The molecule has 0 bridgehead atoms. The highest BCUT2D eigenvalue weighted by Gasteiger charge is 2.24. The van der Waals surface area contributed by atoms with E-state index in [0.717, 1.165) is 12.8 Å². The Kier molecular flexibility index (Phi) is 4.74. The van der Waals surface area contributed by atoms with Gasteiger partial charge >= 0.3 is 5.69 Å². The standard InChI is InChI=1S/C13H14ClN3O4/c14-10-5-3-4-9(12(10)17(20)21)13(19)15-8-11(18)16-6-1-2-7-16/h3-5H,1-2,6-8H2,(H,15,19). The van der Waals surface area contributed by atoms with Gasteiger partial charge in [0.1, 0.15) is 10.6 Å². The Morgan fingerprint density at radius 1 is 1.33 bits per heavy atom. The van der Waals surface area contributed by atoms with Crippen LogP contribution in [-0.2, 0) is 4.79 Å². The van der Waals surface area contributed by atoms with Crippen LogP contribution in [0, 0.1) is 10.1 Å². The molecule has 1 aromatic carbocycles. The second-order valence-electron chi connectivity index (χ2n) is 4.66. The zero-order valence-electron chi connectivity index (χ0n) is 11.2. The minimum absolute atomic E-state index is 0.112. The third-order valence-electron chi connectivity index (χ3n) is 3.27. The minimum atomic E-state index is -0.709. The van der Waals surface area contributed by atoms with Crippen LogP contribution in [0.2, 0.25) is 5.02 Å². The van der Waals surface area contributed by atoms with Crippen molar-refractivity contribution in [3.05, 3.63) is 38.9 Å². The average Bonchev–Trinajstić information content (AvgIpc) is 2.97. The van der Waals surface area contributed by atoms with Crippen molar-refractivity contribution in [2.45, 2.75) is 12.8 Å². The van der Waals surface area contributed by atoms with Gasteiger partial charge in [0.25, 0.3) is 5.91 Å². The SMILES string of the molecule is O=C(NCC(=O)N1CCCC1)c1cccc(Cl)c1[N+](=O)[O-]. The molecule has 8 heteroatoms. The molecule has 0 aliphatic carbocycles. The highest BCUT2D eigenvalue weighted by Crippen LogP contribution is 2.27. The van der Waals surface area contributed by atoms with Gasteiger partial charge in [-0.25, -0.2) is 0 Å². The number of hydrogen-bond donors (Lipinski definition) is 1. The first-order valence-corrected chi connectivity index (χ1v) is 6.87. The lowest BCUT2D eigenvalue weighted by Crippen LogP contribution is -2.38. The second-order valence-corrected chi connectivity index (χ2v) is 5.07. The van der Waals surface area contributed by atoms with E-state index in [1.54, 1.807) is 4.90 Å². The van der Waals surface area contributed by atoms with Gasteiger partial charge in [0, 0.05) is 13.1 Å². The van der Waals surface area contributed by atoms with Crippen molar-refractivity contribution in [1.82, 2.24) is 10.2 Å². The van der Waals surface area contributed by atoms with Crippen LogP contribution in [0.5, 0.6) is 0 Å². The van der Waals surface area contributed by atoms with Gasteiger partial charge in [-0.05, 0) is 25.0 Å². The smallest absolute Gasteiger partial charge is 0.300 e. The molecule has 1 N–H and O–H groups in total. The molecule has 0 unspecified atom stereocenters. The molecule has 1 fully saturated rings. The van der Waals surface area contributed by atoms with E-state index in [-0.39, 0.29) is 23.0 Å². The van der Waals surface area contributed by atoms with Crippen molar-refractivity contribution in [3.63, 3.8) is 0 Å². The summed E-state index contributed by atoms with van der Waals surface area (Å²) in [6.07, 6.45) is 1.92. The second kappa shape index (κ2) is 6.53. The number of hydrogen-bond acceptors (Lipinski definition) is 4. The summed E-state index contributed by atoms with van der Waals surface area (Å²) in [5, 5.41) is 13.3. The molecule has 1 aliphatic rings. The summed E-state index contributed by atoms with van der Waals surface area (Å²) in [5.74, 6) is -0.873. The molecule has 0 atom stereocenters. The van der Waals surface area contributed by atoms with Crippen LogP contribution in [-0.4, -0.2) is 41.3 Å². The van der Waals surface area contributed by atoms with Crippen LogP contribution in [0.3, 0.4) is 0 Å². The van der Waals surface area contributed by atoms with E-state index >= 15 is 0 Å². The van der Waals surface area contributed by atoms with Crippen molar-refractivity contribution in [2.75, 3.05) is 19.6 Å². The molecule has 1 aromatic rings. The fourth-order valence-electron chi connectivity index (χ4n) is 2.21. The molecule has 1 heterocycles. The van der Waals surface area contributed by atoms with Gasteiger partial charge < -0.3 is 10.2 Å². The first-order chi connectivity index (χ1) is 10.0. The molecule has 7 nitrogen and oxygen atoms in total. The summed E-state index contributed by atoms with van der Waals surface area (Å²) in [6.45, 7) is 1.19. The van der Waals surface area contributed by atoms with E-state index in [0.29, 0.717) is 13.1 Å². The molecule has 112 valence electrons. The van der Waals surface area contributed by atoms with Gasteiger partial charge in [-0.1, -0.05) is 17.7 Å². The number of nitro groups is 1. The molecular weight excluding hydrogens is 298 g/mol. The first-order valence-electron chi connectivity index (χ1n) is 6.49. The predicted octanol–water partition coefficient (Wildman–Crippen LogP) is 1.60. The third-order valence-corrected chi connectivity index (χ3v) is 3.58. The molecule has 2 amide bonds. The van der Waals surface area contributed by atoms with Crippen LogP contribution < -0.4 is 5.32 Å². The number of rotatable bonds is 4. The molecule has 1 saturated heterocycles. The summed E-state index contributed by atoms with van der Waals surface area (Å²) in [5.41, 5.74) is -0.605. The minimum Gasteiger partial charge on any atom is -0.343 e. The van der Waals surface area contributed by atoms with Crippen molar-refractivity contribution < 1.29 is 14.5 Å². The van der Waals surface area contributed by atoms with Gasteiger partial charge in [0.05, 0.1) is 11.5 Å². The molecular formula is C13H14ClN3O4. The van der Waals surface area contributed by atoms with Crippen LogP contribution >= 0.6 is 11.6 Å². The van der Waals surface area contributed by atoms with Gasteiger partial charge in [-0.15, -0.1) is 0 Å². The zero-order chi connectivity index (χ0) is 15.4. The molecule has 0 aromatic heterocycles. The Morgan fingerprint density at radius 3 is 2.62 bits per heavy atom. The van der Waals surface area contributed by atoms with Crippen LogP contribution in [0.4, 0.5) is 5.69 Å². The van der Waals surface area contributed by atoms with Crippen molar-refractivity contribution in [2.24, 2.45) is 0 Å². The number of likely N-dealkylation sites (tertiary alicyclic amines) is 1. The van der Waals surface area contributed by atoms with E-state index in [4.69, 9.17) is 11.6 Å². The Hall–Kier alpha value is -2.15. The lowest BCUT2D eigenvalue weighted by atomic mass is 10.1. The summed E-state index contributed by atoms with van der Waals surface area (Å²) in [7, 11) is 0. The number of nitrogens with zero attached hydrogens (tertiary/aromatic N) is 2. The van der Waals surface area contributed by atoms with Crippen molar-refractivity contribution in [1.29, 1.82) is 0 Å². The molecule has 0 spiro atoms. The predicted molar refractivity (Wildman–Crippen MR) is 76.3 cm³/mol. The third kappa shape index (κ3) is 3.49. The summed E-state index contributed by atoms with van der Waals surface area (Å²) in [6, 6.07) is 4.10. The van der Waals surface area contributed by atoms with Gasteiger partial charge in [-0.2, -0.15) is 0 Å². The summed E-state index contributed by atoms with van der Waals surface area (Å²) in [4.78, 5) is 35.7. The summed E-state index contributed by atoms with van der Waals surface area (Å²) >= 11 is 5.74. The normalized spacial score (nSPS) is 14.0. The Bertz CT molecular complexity index is 585. The largest absolute Gasteiger partial charge is 0.343 e. The Labute approximate surface area is 126 Å². The maximum atomic E-state index is 12.0. The van der Waals surface area contributed by atoms with Gasteiger partial charge in [0.2, 0.25) is 5.91 Å². The van der Waals surface area contributed by atoms with E-state index in [1.807, 2.05) is 0 Å². The Balaban J connectivity index is 2.05. The molecule has 1 aliphatic heterocycles. The number of amides is 2. The van der Waals surface area contributed by atoms with Crippen LogP contribution in [0.25, 0.3) is 0 Å². The number of nitrogens with one attached hydrogen (secondary N) is 1. The number of carbonyl (C=O) groups is 2. The van der Waals surface area contributed by atoms with Gasteiger partial charge in [0.15, 0.2) is 0 Å². The van der Waals surface area contributed by atoms with Gasteiger partial charge in [-0.3, -0.25) is 19.7 Å². The maximum absolute atomic E-state index is 12.0. The molecule has 0 saturated carbocycles. The average molecular weight is 312 g/mol. The van der Waals surface area contributed by atoms with Crippen LogP contribution in [0.15, 0.2) is 18.2 Å². The number of halogens is 1. The van der Waals surface area contributed by atoms with Crippen LogP contribution in [0.1, 0.15) is 23.2 Å². The first kappa shape index (κ1) is 15.2. The van der Waals surface area contributed by atoms with Crippen molar-refractivity contribution in [3.8, 4) is 0 Å². The maximum Gasteiger partial charge on any atom is 0.300 e. The number of carbonyl (C=O) groups excluding carboxylic acids is 2. The van der Waals surface area contributed by atoms with E-state index in [9.17, 15) is 19.7 Å². The van der Waals surface area contributed by atoms with E-state index < -0.39 is 16.5 Å². The highest BCUT2D eigenvalue weighted by molar-refractivity contribution is 6.33. The lowest BCUT2D eigenvalue weighted by molar-refractivity contribution is -0.385. The topological polar surface area (TPSA) is 92.6 Å². The van der Waals surface area contributed by atoms with E-state index in [2.05, 4.69) is 5.32 Å². The van der Waals surface area contributed by atoms with Crippen molar-refractivity contribution >= 4 is 29.1 Å². The molecule has 0 radical (unpaired) electrons. The number of para-hydroxylation sites is 1. The quantitative estimate of drug-likeness (QED) is 0.675. The molecule has 2 rings (SSSR count). The Morgan fingerprint density at radius 2 is 2.00 bits per heavy atom.